The third-order valence-corrected chi connectivity index (χ3v) is 15.1. The summed E-state index contributed by atoms with van der Waals surface area (Å²) in [6.45, 7) is 0. The Morgan fingerprint density at radius 1 is 0.377 bits per heavy atom. The number of hydrogen-bond acceptors (Lipinski definition) is 3. The number of rotatable bonds is 4. The average molecular weight is 787 g/mol. The van der Waals surface area contributed by atoms with Crippen molar-refractivity contribution in [3.8, 4) is 67.2 Å². The summed E-state index contributed by atoms with van der Waals surface area (Å²) in [5.41, 5.74) is 22.7. The summed E-state index contributed by atoms with van der Waals surface area (Å²) in [7, 11) is 0. The molecule has 2 aromatic heterocycles. The van der Waals surface area contributed by atoms with Crippen molar-refractivity contribution < 1.29 is 4.42 Å². The van der Waals surface area contributed by atoms with E-state index < -0.39 is 0 Å². The fourth-order valence-corrected chi connectivity index (χ4v) is 12.2. The van der Waals surface area contributed by atoms with Crippen LogP contribution in [0.15, 0.2) is 162 Å². The van der Waals surface area contributed by atoms with Gasteiger partial charge in [-0.1, -0.05) is 166 Å². The van der Waals surface area contributed by atoms with Crippen molar-refractivity contribution in [3.05, 3.63) is 180 Å². The quantitative estimate of drug-likeness (QED) is 0.178. The molecule has 13 rings (SSSR count). The maximum Gasteiger partial charge on any atom is 0.180 e. The van der Waals surface area contributed by atoms with E-state index >= 15 is 0 Å². The maximum atomic E-state index is 6.41. The van der Waals surface area contributed by atoms with E-state index in [0.29, 0.717) is 11.4 Å². The number of hydrogen-bond donors (Lipinski definition) is 0. The van der Waals surface area contributed by atoms with Gasteiger partial charge in [-0.15, -0.1) is 0 Å². The standard InChI is InChI=1S/C58H46N2O/c1-4-14-41(15-5-1)56-59-53(55-54(60-56)45-17-7-9-19-52(45)61-55)40-26-24-38(25-27-40)37-20-22-39(23-21-37)42-28-29-44-47-36-50-46(35-51(47)58(49(44)34-42)32-12-3-13-33-58)43-16-6-8-18-48(43)57(50)30-10-2-11-31-57/h1,4-9,14-29,34-36H,2-3,10-13,30-33H2. The van der Waals surface area contributed by atoms with Gasteiger partial charge >= 0.3 is 0 Å². The smallest absolute Gasteiger partial charge is 0.180 e. The van der Waals surface area contributed by atoms with Crippen LogP contribution in [0.3, 0.4) is 0 Å². The molecule has 61 heavy (non-hydrogen) atoms. The minimum Gasteiger partial charge on any atom is -0.452 e. The fraction of sp³-hybridized carbons (Fsp3) is 0.207. The number of benzene rings is 7. The Morgan fingerprint density at radius 2 is 0.902 bits per heavy atom. The first-order valence-electron chi connectivity index (χ1n) is 22.6. The number of fused-ring (bicyclic) bond motifs is 13. The molecule has 3 heteroatoms. The number of furan rings is 1. The first-order valence-corrected chi connectivity index (χ1v) is 22.6. The highest BCUT2D eigenvalue weighted by atomic mass is 16.3. The summed E-state index contributed by atoms with van der Waals surface area (Å²) in [5, 5.41) is 0.999. The summed E-state index contributed by atoms with van der Waals surface area (Å²) >= 11 is 0. The van der Waals surface area contributed by atoms with Gasteiger partial charge < -0.3 is 4.42 Å². The largest absolute Gasteiger partial charge is 0.452 e. The predicted molar refractivity (Wildman–Crippen MR) is 250 cm³/mol. The zero-order chi connectivity index (χ0) is 40.1. The van der Waals surface area contributed by atoms with Gasteiger partial charge in [-0.25, -0.2) is 9.97 Å². The van der Waals surface area contributed by atoms with Crippen LogP contribution in [0.4, 0.5) is 0 Å². The van der Waals surface area contributed by atoms with Crippen LogP contribution in [0.25, 0.3) is 89.2 Å². The molecule has 0 atom stereocenters. The number of nitrogens with zero attached hydrogens (tertiary/aromatic N) is 2. The minimum atomic E-state index is 0.0897. The number of aromatic nitrogens is 2. The van der Waals surface area contributed by atoms with E-state index in [2.05, 4.69) is 121 Å². The molecule has 4 aliphatic carbocycles. The lowest BCUT2D eigenvalue weighted by atomic mass is 9.66. The Hall–Kier alpha value is -6.58. The predicted octanol–water partition coefficient (Wildman–Crippen LogP) is 15.5. The van der Waals surface area contributed by atoms with Gasteiger partial charge in [-0.3, -0.25) is 0 Å². The first-order chi connectivity index (χ1) is 30.2. The summed E-state index contributed by atoms with van der Waals surface area (Å²) in [6.07, 6.45) is 13.0. The maximum absolute atomic E-state index is 6.41. The molecule has 4 aliphatic rings. The highest BCUT2D eigenvalue weighted by Crippen LogP contribution is 2.62. The Kier molecular flexibility index (Phi) is 7.77. The zero-order valence-corrected chi connectivity index (χ0v) is 34.4. The van der Waals surface area contributed by atoms with Crippen LogP contribution in [0.5, 0.6) is 0 Å². The summed E-state index contributed by atoms with van der Waals surface area (Å²) in [5.74, 6) is 0.696. The summed E-state index contributed by atoms with van der Waals surface area (Å²) in [4.78, 5) is 10.1. The van der Waals surface area contributed by atoms with Gasteiger partial charge in [0.2, 0.25) is 0 Å². The van der Waals surface area contributed by atoms with E-state index in [-0.39, 0.29) is 10.8 Å². The second-order valence-corrected chi connectivity index (χ2v) is 18.2. The lowest BCUT2D eigenvalue weighted by Crippen LogP contribution is -2.29. The molecule has 2 fully saturated rings. The average Bonchev–Trinajstić information content (AvgIpc) is 3.93. The monoisotopic (exact) mass is 786 g/mol. The molecular weight excluding hydrogens is 741 g/mol. The second-order valence-electron chi connectivity index (χ2n) is 18.2. The van der Waals surface area contributed by atoms with Crippen LogP contribution in [0.2, 0.25) is 0 Å². The molecule has 0 aliphatic heterocycles. The van der Waals surface area contributed by atoms with Crippen molar-refractivity contribution in [2.75, 3.05) is 0 Å². The van der Waals surface area contributed by atoms with Gasteiger partial charge in [0.25, 0.3) is 0 Å². The van der Waals surface area contributed by atoms with Crippen molar-refractivity contribution in [3.63, 3.8) is 0 Å². The Labute approximate surface area is 357 Å². The molecule has 2 saturated carbocycles. The van der Waals surface area contributed by atoms with Crippen LogP contribution < -0.4 is 0 Å². The van der Waals surface area contributed by atoms with E-state index in [4.69, 9.17) is 14.4 Å². The van der Waals surface area contributed by atoms with Crippen molar-refractivity contribution in [1.82, 2.24) is 9.97 Å². The van der Waals surface area contributed by atoms with Crippen LogP contribution in [0.1, 0.15) is 86.5 Å². The molecule has 294 valence electrons. The fourth-order valence-electron chi connectivity index (χ4n) is 12.2. The van der Waals surface area contributed by atoms with Crippen LogP contribution in [-0.4, -0.2) is 9.97 Å². The third kappa shape index (κ3) is 5.22. The molecule has 0 saturated heterocycles. The third-order valence-electron chi connectivity index (χ3n) is 15.1. The summed E-state index contributed by atoms with van der Waals surface area (Å²) in [6, 6.07) is 58.4. The van der Waals surface area contributed by atoms with Crippen LogP contribution in [-0.2, 0) is 10.8 Å². The van der Waals surface area contributed by atoms with Gasteiger partial charge in [0.15, 0.2) is 11.4 Å². The molecule has 0 N–H and O–H groups in total. The van der Waals surface area contributed by atoms with Gasteiger partial charge in [0.1, 0.15) is 16.8 Å². The molecule has 0 unspecified atom stereocenters. The molecule has 0 radical (unpaired) electrons. The van der Waals surface area contributed by atoms with Crippen LogP contribution in [0, 0.1) is 0 Å². The van der Waals surface area contributed by atoms with Crippen molar-refractivity contribution in [2.24, 2.45) is 0 Å². The van der Waals surface area contributed by atoms with Gasteiger partial charge in [0.05, 0.1) is 0 Å². The van der Waals surface area contributed by atoms with Gasteiger partial charge in [-0.2, -0.15) is 0 Å². The highest BCUT2D eigenvalue weighted by molar-refractivity contribution is 6.07. The molecule has 7 aromatic carbocycles. The lowest BCUT2D eigenvalue weighted by Gasteiger charge is -2.37. The van der Waals surface area contributed by atoms with E-state index in [1.165, 1.54) is 109 Å². The van der Waals surface area contributed by atoms with Gasteiger partial charge in [0, 0.05) is 27.3 Å². The molecule has 0 amide bonds. The van der Waals surface area contributed by atoms with E-state index in [1.54, 1.807) is 22.3 Å². The molecule has 0 bridgehead atoms. The zero-order valence-electron chi connectivity index (χ0n) is 34.4. The lowest BCUT2D eigenvalue weighted by molar-refractivity contribution is 0.350. The molecule has 2 spiro atoms. The minimum absolute atomic E-state index is 0.0897. The van der Waals surface area contributed by atoms with Crippen LogP contribution >= 0.6 is 0 Å². The highest BCUT2D eigenvalue weighted by Gasteiger charge is 2.49. The van der Waals surface area contributed by atoms with E-state index in [9.17, 15) is 0 Å². The molecule has 3 nitrogen and oxygen atoms in total. The second kappa shape index (κ2) is 13.5. The SMILES string of the molecule is c1ccc(-c2nc(-c3ccc(-c4ccc(-c5ccc6c(c5)C5(CCCCC5)c5cc7c(cc5-6)C5(CCCCC5)c5ccccc5-7)cc4)cc3)c3oc4ccccc4c3n2)cc1. The number of para-hydroxylation sites is 1. The van der Waals surface area contributed by atoms with E-state index in [0.717, 1.165) is 33.3 Å². The molecule has 2 heterocycles. The Morgan fingerprint density at radius 3 is 1.59 bits per heavy atom. The van der Waals surface area contributed by atoms with Crippen molar-refractivity contribution in [2.45, 2.75) is 75.0 Å². The van der Waals surface area contributed by atoms with Crippen molar-refractivity contribution in [1.29, 1.82) is 0 Å². The molecule has 9 aromatic rings. The normalized spacial score (nSPS) is 16.8. The summed E-state index contributed by atoms with van der Waals surface area (Å²) < 4.78 is 6.41. The topological polar surface area (TPSA) is 38.9 Å². The van der Waals surface area contributed by atoms with Gasteiger partial charge in [-0.05, 0) is 123 Å². The van der Waals surface area contributed by atoms with Crippen molar-refractivity contribution >= 4 is 22.1 Å². The Bertz CT molecular complexity index is 3180. The first kappa shape index (κ1) is 35.2. The molecular formula is C58H46N2O. The van der Waals surface area contributed by atoms with E-state index in [1.807, 2.05) is 36.4 Å². The Balaban J connectivity index is 0.848.